The summed E-state index contributed by atoms with van der Waals surface area (Å²) in [6.45, 7) is 1.36. The van der Waals surface area contributed by atoms with E-state index in [0.29, 0.717) is 11.4 Å². The summed E-state index contributed by atoms with van der Waals surface area (Å²) in [5.41, 5.74) is 0.950. The number of Topliss-reactive ketones (excluding diaryl/α,β-unsaturated/α-hetero) is 1. The number of azo groups is 1. The Hall–Kier alpha value is -3.09. The van der Waals surface area contributed by atoms with Crippen molar-refractivity contribution < 1.29 is 14.8 Å². The molecule has 7 nitrogen and oxygen atoms in total. The van der Waals surface area contributed by atoms with Gasteiger partial charge in [0.1, 0.15) is 5.75 Å². The van der Waals surface area contributed by atoms with Crippen molar-refractivity contribution in [2.45, 2.75) is 6.92 Å². The molecular weight excluding hydrogens is 274 g/mol. The van der Waals surface area contributed by atoms with Crippen molar-refractivity contribution in [2.24, 2.45) is 10.2 Å². The van der Waals surface area contributed by atoms with Crippen LogP contribution in [-0.2, 0) is 0 Å². The van der Waals surface area contributed by atoms with Crippen LogP contribution in [0.5, 0.6) is 5.75 Å². The quantitative estimate of drug-likeness (QED) is 0.397. The predicted octanol–water partition coefficient (Wildman–Crippen LogP) is 3.92. The molecule has 0 unspecified atom stereocenters. The van der Waals surface area contributed by atoms with Gasteiger partial charge in [-0.15, -0.1) is 5.11 Å². The minimum atomic E-state index is -0.505. The standard InChI is InChI=1S/C14H11N3O4/c1-9(18)13-8-12(19)6-7-14(13)16-15-10-2-4-11(5-3-10)17(20)21/h2-8,19H,1H3. The molecule has 0 saturated heterocycles. The van der Waals surface area contributed by atoms with Crippen LogP contribution in [0.4, 0.5) is 17.1 Å². The van der Waals surface area contributed by atoms with Crippen LogP contribution in [0.2, 0.25) is 0 Å². The number of aromatic hydroxyl groups is 1. The molecule has 106 valence electrons. The molecule has 0 aromatic heterocycles. The molecule has 0 fully saturated rings. The number of phenolic OH excluding ortho intramolecular Hbond substituents is 1. The Morgan fingerprint density at radius 1 is 1.14 bits per heavy atom. The number of phenols is 1. The summed E-state index contributed by atoms with van der Waals surface area (Å²) in [6.07, 6.45) is 0. The Morgan fingerprint density at radius 3 is 2.38 bits per heavy atom. The number of nitro groups is 1. The summed E-state index contributed by atoms with van der Waals surface area (Å²) in [4.78, 5) is 21.5. The normalized spacial score (nSPS) is 10.7. The Balaban J connectivity index is 2.29. The maximum Gasteiger partial charge on any atom is 0.269 e. The fraction of sp³-hybridized carbons (Fsp3) is 0.0714. The monoisotopic (exact) mass is 285 g/mol. The lowest BCUT2D eigenvalue weighted by Crippen LogP contribution is -1.91. The van der Waals surface area contributed by atoms with E-state index in [4.69, 9.17) is 0 Å². The summed E-state index contributed by atoms with van der Waals surface area (Å²) in [5, 5.41) is 27.8. The second-order valence-corrected chi connectivity index (χ2v) is 4.23. The molecule has 0 spiro atoms. The van der Waals surface area contributed by atoms with E-state index in [1.807, 2.05) is 0 Å². The van der Waals surface area contributed by atoms with Crippen LogP contribution in [0.15, 0.2) is 52.7 Å². The first-order chi connectivity index (χ1) is 9.97. The number of hydrogen-bond donors (Lipinski definition) is 1. The summed E-state index contributed by atoms with van der Waals surface area (Å²) in [6, 6.07) is 9.73. The van der Waals surface area contributed by atoms with Gasteiger partial charge in [-0.1, -0.05) is 0 Å². The minimum absolute atomic E-state index is 0.0329. The number of hydrogen-bond acceptors (Lipinski definition) is 6. The van der Waals surface area contributed by atoms with Gasteiger partial charge in [-0.05, 0) is 37.3 Å². The Bertz CT molecular complexity index is 723. The van der Waals surface area contributed by atoms with Crippen molar-refractivity contribution in [3.05, 3.63) is 58.1 Å². The minimum Gasteiger partial charge on any atom is -0.508 e. The van der Waals surface area contributed by atoms with Gasteiger partial charge in [0.15, 0.2) is 5.78 Å². The van der Waals surface area contributed by atoms with Gasteiger partial charge < -0.3 is 5.11 Å². The summed E-state index contributed by atoms with van der Waals surface area (Å²) < 4.78 is 0. The van der Waals surface area contributed by atoms with Crippen LogP contribution in [0.3, 0.4) is 0 Å². The zero-order valence-electron chi connectivity index (χ0n) is 11.1. The van der Waals surface area contributed by atoms with Crippen molar-refractivity contribution >= 4 is 22.8 Å². The zero-order valence-corrected chi connectivity index (χ0v) is 11.1. The van der Waals surface area contributed by atoms with Crippen LogP contribution in [0.1, 0.15) is 17.3 Å². The first-order valence-electron chi connectivity index (χ1n) is 5.97. The molecule has 0 aliphatic carbocycles. The number of non-ortho nitro benzene ring substituents is 1. The third-order valence-electron chi connectivity index (χ3n) is 2.69. The average Bonchev–Trinajstić information content (AvgIpc) is 2.46. The number of nitrogens with zero attached hydrogens (tertiary/aromatic N) is 3. The highest BCUT2D eigenvalue weighted by atomic mass is 16.6. The fourth-order valence-corrected chi connectivity index (χ4v) is 1.65. The molecule has 0 heterocycles. The van der Waals surface area contributed by atoms with E-state index >= 15 is 0 Å². The topological polar surface area (TPSA) is 105 Å². The third kappa shape index (κ3) is 3.47. The predicted molar refractivity (Wildman–Crippen MR) is 75.4 cm³/mol. The van der Waals surface area contributed by atoms with Gasteiger partial charge in [0.05, 0.1) is 16.3 Å². The first-order valence-corrected chi connectivity index (χ1v) is 5.97. The lowest BCUT2D eigenvalue weighted by atomic mass is 10.1. The van der Waals surface area contributed by atoms with Crippen LogP contribution in [0.25, 0.3) is 0 Å². The van der Waals surface area contributed by atoms with Gasteiger partial charge in [0.2, 0.25) is 0 Å². The van der Waals surface area contributed by atoms with E-state index in [9.17, 15) is 20.0 Å². The molecular formula is C14H11N3O4. The first kappa shape index (κ1) is 14.3. The van der Waals surface area contributed by atoms with Crippen molar-refractivity contribution in [3.63, 3.8) is 0 Å². The molecule has 0 aliphatic heterocycles. The number of carbonyl (C=O) groups excluding carboxylic acids is 1. The van der Waals surface area contributed by atoms with E-state index in [1.165, 1.54) is 49.4 Å². The van der Waals surface area contributed by atoms with Crippen LogP contribution in [-0.4, -0.2) is 15.8 Å². The van der Waals surface area contributed by atoms with Crippen LogP contribution < -0.4 is 0 Å². The highest BCUT2D eigenvalue weighted by Crippen LogP contribution is 2.27. The maximum absolute atomic E-state index is 11.5. The third-order valence-corrected chi connectivity index (χ3v) is 2.69. The van der Waals surface area contributed by atoms with E-state index in [2.05, 4.69) is 10.2 Å². The highest BCUT2D eigenvalue weighted by Gasteiger charge is 2.08. The molecule has 0 radical (unpaired) electrons. The van der Waals surface area contributed by atoms with E-state index in [-0.39, 0.29) is 22.8 Å². The van der Waals surface area contributed by atoms with Gasteiger partial charge >= 0.3 is 0 Å². The average molecular weight is 285 g/mol. The molecule has 0 atom stereocenters. The Labute approximate surface area is 119 Å². The fourth-order valence-electron chi connectivity index (χ4n) is 1.65. The smallest absolute Gasteiger partial charge is 0.269 e. The number of ketones is 1. The number of carbonyl (C=O) groups is 1. The number of benzene rings is 2. The SMILES string of the molecule is CC(=O)c1cc(O)ccc1N=Nc1ccc([N+](=O)[O-])cc1. The maximum atomic E-state index is 11.5. The second-order valence-electron chi connectivity index (χ2n) is 4.23. The zero-order chi connectivity index (χ0) is 15.4. The van der Waals surface area contributed by atoms with E-state index in [0.717, 1.165) is 0 Å². The van der Waals surface area contributed by atoms with Gasteiger partial charge in [-0.25, -0.2) is 0 Å². The van der Waals surface area contributed by atoms with Crippen molar-refractivity contribution in [3.8, 4) is 5.75 Å². The number of nitro benzene ring substituents is 1. The van der Waals surface area contributed by atoms with E-state index < -0.39 is 4.92 Å². The van der Waals surface area contributed by atoms with E-state index in [1.54, 1.807) is 0 Å². The molecule has 1 N–H and O–H groups in total. The van der Waals surface area contributed by atoms with Crippen LogP contribution >= 0.6 is 0 Å². The molecule has 0 saturated carbocycles. The Kier molecular flexibility index (Phi) is 4.03. The summed E-state index contributed by atoms with van der Waals surface area (Å²) in [7, 11) is 0. The molecule has 2 rings (SSSR count). The summed E-state index contributed by atoms with van der Waals surface area (Å²) in [5.74, 6) is -0.280. The number of rotatable bonds is 4. The molecule has 7 heteroatoms. The summed E-state index contributed by atoms with van der Waals surface area (Å²) >= 11 is 0. The van der Waals surface area contributed by atoms with Gasteiger partial charge in [-0.3, -0.25) is 14.9 Å². The highest BCUT2D eigenvalue weighted by molar-refractivity contribution is 5.99. The molecule has 0 aliphatic rings. The van der Waals surface area contributed by atoms with Crippen molar-refractivity contribution in [1.82, 2.24) is 0 Å². The van der Waals surface area contributed by atoms with Gasteiger partial charge in [0.25, 0.3) is 5.69 Å². The lowest BCUT2D eigenvalue weighted by molar-refractivity contribution is -0.384. The van der Waals surface area contributed by atoms with Crippen molar-refractivity contribution in [1.29, 1.82) is 0 Å². The Morgan fingerprint density at radius 2 is 1.81 bits per heavy atom. The molecule has 21 heavy (non-hydrogen) atoms. The molecule has 2 aromatic carbocycles. The van der Waals surface area contributed by atoms with Crippen LogP contribution in [0, 0.1) is 10.1 Å². The van der Waals surface area contributed by atoms with Crippen molar-refractivity contribution in [2.75, 3.05) is 0 Å². The molecule has 2 aromatic rings. The molecule has 0 amide bonds. The largest absolute Gasteiger partial charge is 0.508 e. The molecule has 0 bridgehead atoms. The van der Waals surface area contributed by atoms with Gasteiger partial charge in [0, 0.05) is 17.7 Å². The second kappa shape index (κ2) is 5.91. The van der Waals surface area contributed by atoms with Gasteiger partial charge in [-0.2, -0.15) is 5.11 Å². The lowest BCUT2D eigenvalue weighted by Gasteiger charge is -2.01.